The summed E-state index contributed by atoms with van der Waals surface area (Å²) < 4.78 is 15.5. The van der Waals surface area contributed by atoms with Crippen molar-refractivity contribution in [2.75, 3.05) is 0 Å². The molecular weight excluding hydrogens is 287 g/mol. The molecule has 0 N–H and O–H groups in total. The molecule has 4 rings (SSSR count). The van der Waals surface area contributed by atoms with Crippen LogP contribution in [-0.4, -0.2) is 9.78 Å². The summed E-state index contributed by atoms with van der Waals surface area (Å²) in [4.78, 5) is 0. The Kier molecular flexibility index (Phi) is 3.19. The lowest BCUT2D eigenvalue weighted by atomic mass is 10.1. The van der Waals surface area contributed by atoms with Gasteiger partial charge in [0.25, 0.3) is 0 Å². The molecule has 0 atom stereocenters. The van der Waals surface area contributed by atoms with Crippen LogP contribution >= 0.6 is 0 Å². The van der Waals surface area contributed by atoms with Crippen molar-refractivity contribution in [3.63, 3.8) is 0 Å². The second-order valence-electron chi connectivity index (χ2n) is 5.63. The standard InChI is InChI=1S/C20H15FN2/c1-14-11-20-17(12-19(14)21)13-22-23(20)18-9-7-16(8-10-18)15-5-3-2-4-6-15/h2-13H,1H3. The molecule has 0 saturated heterocycles. The van der Waals surface area contributed by atoms with Crippen LogP contribution in [0.5, 0.6) is 0 Å². The summed E-state index contributed by atoms with van der Waals surface area (Å²) in [7, 11) is 0. The fourth-order valence-corrected chi connectivity index (χ4v) is 2.78. The maximum atomic E-state index is 13.7. The largest absolute Gasteiger partial charge is 0.233 e. The summed E-state index contributed by atoms with van der Waals surface area (Å²) >= 11 is 0. The minimum atomic E-state index is -0.198. The number of rotatable bonds is 2. The zero-order valence-corrected chi connectivity index (χ0v) is 12.7. The van der Waals surface area contributed by atoms with Crippen molar-refractivity contribution >= 4 is 10.9 Å². The molecule has 2 nitrogen and oxygen atoms in total. The van der Waals surface area contributed by atoms with Gasteiger partial charge in [0.15, 0.2) is 0 Å². The zero-order chi connectivity index (χ0) is 15.8. The summed E-state index contributed by atoms with van der Waals surface area (Å²) in [6.45, 7) is 1.77. The molecule has 0 saturated carbocycles. The zero-order valence-electron chi connectivity index (χ0n) is 12.7. The molecule has 4 aromatic rings. The Morgan fingerprint density at radius 1 is 0.870 bits per heavy atom. The van der Waals surface area contributed by atoms with E-state index in [1.807, 2.05) is 41.1 Å². The fraction of sp³-hybridized carbons (Fsp3) is 0.0500. The minimum Gasteiger partial charge on any atom is -0.233 e. The number of halogens is 1. The molecule has 0 amide bonds. The van der Waals surface area contributed by atoms with E-state index in [0.29, 0.717) is 5.56 Å². The van der Waals surface area contributed by atoms with Gasteiger partial charge >= 0.3 is 0 Å². The Morgan fingerprint density at radius 2 is 1.57 bits per heavy atom. The first-order valence-electron chi connectivity index (χ1n) is 7.52. The third kappa shape index (κ3) is 2.40. The molecule has 1 heterocycles. The first-order valence-corrected chi connectivity index (χ1v) is 7.52. The Balaban J connectivity index is 1.78. The summed E-state index contributed by atoms with van der Waals surface area (Å²) in [6.07, 6.45) is 1.70. The van der Waals surface area contributed by atoms with Gasteiger partial charge in [-0.25, -0.2) is 9.07 Å². The number of fused-ring (bicyclic) bond motifs is 1. The molecule has 1 aromatic heterocycles. The van der Waals surface area contributed by atoms with Crippen LogP contribution in [0.3, 0.4) is 0 Å². The fourth-order valence-electron chi connectivity index (χ4n) is 2.78. The summed E-state index contributed by atoms with van der Waals surface area (Å²) in [6, 6.07) is 21.8. The second-order valence-corrected chi connectivity index (χ2v) is 5.63. The van der Waals surface area contributed by atoms with Gasteiger partial charge in [0.1, 0.15) is 5.82 Å². The van der Waals surface area contributed by atoms with E-state index in [2.05, 4.69) is 29.4 Å². The van der Waals surface area contributed by atoms with Gasteiger partial charge < -0.3 is 0 Å². The molecule has 0 unspecified atom stereocenters. The van der Waals surface area contributed by atoms with Crippen LogP contribution in [0.2, 0.25) is 0 Å². The van der Waals surface area contributed by atoms with E-state index in [0.717, 1.165) is 22.2 Å². The Bertz CT molecular complexity index is 970. The van der Waals surface area contributed by atoms with E-state index >= 15 is 0 Å². The number of hydrogen-bond donors (Lipinski definition) is 0. The van der Waals surface area contributed by atoms with Crippen LogP contribution in [0.15, 0.2) is 72.9 Å². The smallest absolute Gasteiger partial charge is 0.126 e. The van der Waals surface area contributed by atoms with Gasteiger partial charge in [0.2, 0.25) is 0 Å². The molecule has 23 heavy (non-hydrogen) atoms. The van der Waals surface area contributed by atoms with Crippen molar-refractivity contribution in [1.82, 2.24) is 9.78 Å². The van der Waals surface area contributed by atoms with Gasteiger partial charge in [-0.1, -0.05) is 42.5 Å². The summed E-state index contributed by atoms with van der Waals surface area (Å²) in [5, 5.41) is 5.21. The highest BCUT2D eigenvalue weighted by Gasteiger charge is 2.08. The highest BCUT2D eigenvalue weighted by Crippen LogP contribution is 2.24. The van der Waals surface area contributed by atoms with Gasteiger partial charge in [-0.05, 0) is 47.9 Å². The van der Waals surface area contributed by atoms with Gasteiger partial charge in [-0.15, -0.1) is 0 Å². The van der Waals surface area contributed by atoms with E-state index < -0.39 is 0 Å². The van der Waals surface area contributed by atoms with E-state index in [9.17, 15) is 4.39 Å². The lowest BCUT2D eigenvalue weighted by Crippen LogP contribution is -1.96. The van der Waals surface area contributed by atoms with Gasteiger partial charge in [0, 0.05) is 5.39 Å². The lowest BCUT2D eigenvalue weighted by molar-refractivity contribution is 0.620. The van der Waals surface area contributed by atoms with Crippen LogP contribution in [0, 0.1) is 12.7 Å². The summed E-state index contributed by atoms with van der Waals surface area (Å²) in [5.41, 5.74) is 4.84. The van der Waals surface area contributed by atoms with Gasteiger partial charge in [-0.2, -0.15) is 5.10 Å². The number of aryl methyl sites for hydroxylation is 1. The normalized spacial score (nSPS) is 11.0. The average molecular weight is 302 g/mol. The van der Waals surface area contributed by atoms with Crippen molar-refractivity contribution in [2.24, 2.45) is 0 Å². The number of hydrogen-bond acceptors (Lipinski definition) is 1. The highest BCUT2D eigenvalue weighted by atomic mass is 19.1. The number of aromatic nitrogens is 2. The molecule has 0 fully saturated rings. The van der Waals surface area contributed by atoms with E-state index in [1.54, 1.807) is 13.1 Å². The molecule has 0 radical (unpaired) electrons. The molecule has 0 aliphatic rings. The second kappa shape index (κ2) is 5.36. The van der Waals surface area contributed by atoms with Crippen LogP contribution in [-0.2, 0) is 0 Å². The van der Waals surface area contributed by atoms with Gasteiger partial charge in [-0.3, -0.25) is 0 Å². The van der Waals surface area contributed by atoms with Crippen molar-refractivity contribution in [3.05, 3.63) is 84.3 Å². The van der Waals surface area contributed by atoms with Crippen LogP contribution in [0.1, 0.15) is 5.56 Å². The topological polar surface area (TPSA) is 17.8 Å². The first-order chi connectivity index (χ1) is 11.2. The van der Waals surface area contributed by atoms with Crippen LogP contribution < -0.4 is 0 Å². The SMILES string of the molecule is Cc1cc2c(cnn2-c2ccc(-c3ccccc3)cc2)cc1F. The van der Waals surface area contributed by atoms with E-state index in [-0.39, 0.29) is 5.82 Å². The number of nitrogens with zero attached hydrogens (tertiary/aromatic N) is 2. The lowest BCUT2D eigenvalue weighted by Gasteiger charge is -2.07. The molecule has 0 spiro atoms. The average Bonchev–Trinajstić information content (AvgIpc) is 2.99. The quantitative estimate of drug-likeness (QED) is 0.501. The van der Waals surface area contributed by atoms with E-state index in [1.165, 1.54) is 11.6 Å². The van der Waals surface area contributed by atoms with Crippen molar-refractivity contribution in [2.45, 2.75) is 6.92 Å². The number of benzene rings is 3. The first kappa shape index (κ1) is 13.7. The molecule has 0 aliphatic carbocycles. The van der Waals surface area contributed by atoms with Crippen molar-refractivity contribution < 1.29 is 4.39 Å². The molecule has 0 bridgehead atoms. The Hall–Kier alpha value is -2.94. The third-order valence-electron chi connectivity index (χ3n) is 4.07. The monoisotopic (exact) mass is 302 g/mol. The molecule has 3 heteroatoms. The van der Waals surface area contributed by atoms with Crippen LogP contribution in [0.25, 0.3) is 27.7 Å². The summed E-state index contributed by atoms with van der Waals surface area (Å²) in [5.74, 6) is -0.198. The molecule has 112 valence electrons. The van der Waals surface area contributed by atoms with Crippen molar-refractivity contribution in [3.8, 4) is 16.8 Å². The van der Waals surface area contributed by atoms with Gasteiger partial charge in [0.05, 0.1) is 17.4 Å². The predicted molar refractivity (Wildman–Crippen MR) is 91.2 cm³/mol. The maximum Gasteiger partial charge on any atom is 0.126 e. The van der Waals surface area contributed by atoms with Crippen LogP contribution in [0.4, 0.5) is 4.39 Å². The van der Waals surface area contributed by atoms with Crippen molar-refractivity contribution in [1.29, 1.82) is 0 Å². The Morgan fingerprint density at radius 3 is 2.30 bits per heavy atom. The molecular formula is C20H15FN2. The third-order valence-corrected chi connectivity index (χ3v) is 4.07. The molecule has 0 aliphatic heterocycles. The highest BCUT2D eigenvalue weighted by molar-refractivity contribution is 5.81. The van der Waals surface area contributed by atoms with E-state index in [4.69, 9.17) is 0 Å². The predicted octanol–water partition coefficient (Wildman–Crippen LogP) is 5.14. The molecule has 3 aromatic carbocycles. The maximum absolute atomic E-state index is 13.7. The Labute approximate surface area is 133 Å². The minimum absolute atomic E-state index is 0.198.